The van der Waals surface area contributed by atoms with E-state index in [2.05, 4.69) is 22.4 Å². The quantitative estimate of drug-likeness (QED) is 0.887. The van der Waals surface area contributed by atoms with E-state index in [0.29, 0.717) is 28.9 Å². The molecular formula is C19H24N4O3. The Morgan fingerprint density at radius 3 is 2.69 bits per heavy atom. The van der Waals surface area contributed by atoms with Gasteiger partial charge in [0, 0.05) is 19.2 Å². The SMILES string of the molecule is COc1ccc(Nc2ccc(C(=O)N3CCCC(C)C3)nn2)c(OC)c1. The van der Waals surface area contributed by atoms with E-state index >= 15 is 0 Å². The number of rotatable bonds is 5. The number of carbonyl (C=O) groups excluding carboxylic acids is 1. The number of methoxy groups -OCH3 is 2. The van der Waals surface area contributed by atoms with Crippen molar-refractivity contribution in [3.8, 4) is 11.5 Å². The summed E-state index contributed by atoms with van der Waals surface area (Å²) < 4.78 is 10.6. The van der Waals surface area contributed by atoms with Crippen molar-refractivity contribution in [3.05, 3.63) is 36.0 Å². The van der Waals surface area contributed by atoms with E-state index in [1.165, 1.54) is 6.42 Å². The largest absolute Gasteiger partial charge is 0.497 e. The highest BCUT2D eigenvalue weighted by atomic mass is 16.5. The van der Waals surface area contributed by atoms with Gasteiger partial charge in [-0.25, -0.2) is 0 Å². The minimum atomic E-state index is -0.0578. The summed E-state index contributed by atoms with van der Waals surface area (Å²) in [6.45, 7) is 3.73. The molecule has 138 valence electrons. The van der Waals surface area contributed by atoms with Gasteiger partial charge in [0.25, 0.3) is 5.91 Å². The molecule has 1 aliphatic heterocycles. The van der Waals surface area contributed by atoms with Gasteiger partial charge < -0.3 is 19.7 Å². The van der Waals surface area contributed by atoms with E-state index in [-0.39, 0.29) is 5.91 Å². The zero-order valence-electron chi connectivity index (χ0n) is 15.4. The maximum atomic E-state index is 12.6. The van der Waals surface area contributed by atoms with Crippen molar-refractivity contribution in [1.29, 1.82) is 0 Å². The molecular weight excluding hydrogens is 332 g/mol. The topological polar surface area (TPSA) is 76.6 Å². The van der Waals surface area contributed by atoms with Gasteiger partial charge in [0.05, 0.1) is 19.9 Å². The van der Waals surface area contributed by atoms with E-state index in [4.69, 9.17) is 9.47 Å². The standard InChI is InChI=1S/C19H24N4O3/c1-13-5-4-10-23(12-13)19(24)16-8-9-18(22-21-16)20-15-7-6-14(25-2)11-17(15)26-3/h6-9,11,13H,4-5,10,12H2,1-3H3,(H,20,22). The second-order valence-electron chi connectivity index (χ2n) is 6.49. The lowest BCUT2D eigenvalue weighted by Crippen LogP contribution is -2.39. The molecule has 0 spiro atoms. The number of amides is 1. The number of nitrogens with zero attached hydrogens (tertiary/aromatic N) is 3. The molecule has 2 aromatic rings. The van der Waals surface area contributed by atoms with Crippen LogP contribution in [0.3, 0.4) is 0 Å². The zero-order chi connectivity index (χ0) is 18.5. The molecule has 7 heteroatoms. The molecule has 0 saturated carbocycles. The van der Waals surface area contributed by atoms with Crippen LogP contribution in [0.15, 0.2) is 30.3 Å². The molecule has 1 amide bonds. The van der Waals surface area contributed by atoms with Gasteiger partial charge in [-0.15, -0.1) is 10.2 Å². The number of ether oxygens (including phenoxy) is 2. The molecule has 0 radical (unpaired) electrons. The fourth-order valence-electron chi connectivity index (χ4n) is 3.09. The third kappa shape index (κ3) is 4.04. The maximum absolute atomic E-state index is 12.6. The number of piperidine rings is 1. The highest BCUT2D eigenvalue weighted by Crippen LogP contribution is 2.30. The van der Waals surface area contributed by atoms with E-state index in [9.17, 15) is 4.79 Å². The highest BCUT2D eigenvalue weighted by Gasteiger charge is 2.23. The number of nitrogens with one attached hydrogen (secondary N) is 1. The van der Waals surface area contributed by atoms with Gasteiger partial charge in [-0.1, -0.05) is 6.92 Å². The average Bonchev–Trinajstić information content (AvgIpc) is 2.68. The van der Waals surface area contributed by atoms with Crippen LogP contribution in [0, 0.1) is 5.92 Å². The molecule has 1 N–H and O–H groups in total. The van der Waals surface area contributed by atoms with Crippen LogP contribution in [-0.2, 0) is 0 Å². The molecule has 1 aromatic heterocycles. The monoisotopic (exact) mass is 356 g/mol. The Bertz CT molecular complexity index is 764. The van der Waals surface area contributed by atoms with Crippen LogP contribution in [0.5, 0.6) is 11.5 Å². The number of hydrogen-bond acceptors (Lipinski definition) is 6. The van der Waals surface area contributed by atoms with E-state index in [1.807, 2.05) is 17.0 Å². The fourth-order valence-corrected chi connectivity index (χ4v) is 3.09. The van der Waals surface area contributed by atoms with Gasteiger partial charge >= 0.3 is 0 Å². The van der Waals surface area contributed by atoms with Crippen molar-refractivity contribution in [1.82, 2.24) is 15.1 Å². The van der Waals surface area contributed by atoms with Gasteiger partial charge in [-0.2, -0.15) is 0 Å². The first kappa shape index (κ1) is 18.0. The van der Waals surface area contributed by atoms with Gasteiger partial charge in [-0.3, -0.25) is 4.79 Å². The normalized spacial score (nSPS) is 16.9. The molecule has 1 aliphatic rings. The molecule has 1 saturated heterocycles. The molecule has 3 rings (SSSR count). The summed E-state index contributed by atoms with van der Waals surface area (Å²) in [5.74, 6) is 2.35. The van der Waals surface area contributed by atoms with E-state index in [0.717, 1.165) is 25.2 Å². The number of hydrogen-bond donors (Lipinski definition) is 1. The third-order valence-corrected chi connectivity index (χ3v) is 4.50. The van der Waals surface area contributed by atoms with Crippen molar-refractivity contribution >= 4 is 17.4 Å². The lowest BCUT2D eigenvalue weighted by atomic mass is 10.00. The highest BCUT2D eigenvalue weighted by molar-refractivity contribution is 5.92. The number of likely N-dealkylation sites (tertiary alicyclic amines) is 1. The average molecular weight is 356 g/mol. The van der Waals surface area contributed by atoms with Gasteiger partial charge in [-0.05, 0) is 43.0 Å². The van der Waals surface area contributed by atoms with Crippen molar-refractivity contribution in [3.63, 3.8) is 0 Å². The summed E-state index contributed by atoms with van der Waals surface area (Å²) in [4.78, 5) is 14.4. The van der Waals surface area contributed by atoms with Crippen LogP contribution in [0.4, 0.5) is 11.5 Å². The smallest absolute Gasteiger partial charge is 0.274 e. The molecule has 1 fully saturated rings. The van der Waals surface area contributed by atoms with Crippen LogP contribution in [0.1, 0.15) is 30.3 Å². The molecule has 1 atom stereocenters. The summed E-state index contributed by atoms with van der Waals surface area (Å²) in [5.41, 5.74) is 1.11. The maximum Gasteiger partial charge on any atom is 0.274 e. The van der Waals surface area contributed by atoms with Gasteiger partial charge in [0.2, 0.25) is 0 Å². The molecule has 0 aliphatic carbocycles. The van der Waals surface area contributed by atoms with Crippen LogP contribution in [0.2, 0.25) is 0 Å². The number of carbonyl (C=O) groups is 1. The Kier molecular flexibility index (Phi) is 5.55. The van der Waals surface area contributed by atoms with Crippen LogP contribution >= 0.6 is 0 Å². The number of aromatic nitrogens is 2. The summed E-state index contributed by atoms with van der Waals surface area (Å²) in [6.07, 6.45) is 2.21. The van der Waals surface area contributed by atoms with Gasteiger partial charge in [0.1, 0.15) is 11.5 Å². The predicted molar refractivity (Wildman–Crippen MR) is 99.2 cm³/mol. The van der Waals surface area contributed by atoms with Crippen molar-refractivity contribution in [2.24, 2.45) is 5.92 Å². The summed E-state index contributed by atoms with van der Waals surface area (Å²) in [6, 6.07) is 8.90. The fraction of sp³-hybridized carbons (Fsp3) is 0.421. The Morgan fingerprint density at radius 2 is 2.04 bits per heavy atom. The summed E-state index contributed by atoms with van der Waals surface area (Å²) >= 11 is 0. The Balaban J connectivity index is 1.71. The zero-order valence-corrected chi connectivity index (χ0v) is 15.4. The second kappa shape index (κ2) is 8.03. The number of benzene rings is 1. The lowest BCUT2D eigenvalue weighted by molar-refractivity contribution is 0.0676. The Morgan fingerprint density at radius 1 is 1.19 bits per heavy atom. The van der Waals surface area contributed by atoms with Crippen LogP contribution in [0.25, 0.3) is 0 Å². The first-order valence-corrected chi connectivity index (χ1v) is 8.72. The van der Waals surface area contributed by atoms with E-state index in [1.54, 1.807) is 32.4 Å². The van der Waals surface area contributed by atoms with E-state index < -0.39 is 0 Å². The van der Waals surface area contributed by atoms with Gasteiger partial charge in [0.15, 0.2) is 11.5 Å². The van der Waals surface area contributed by atoms with Crippen LogP contribution < -0.4 is 14.8 Å². The Labute approximate surface area is 153 Å². The van der Waals surface area contributed by atoms with Crippen molar-refractivity contribution in [2.45, 2.75) is 19.8 Å². The second-order valence-corrected chi connectivity index (χ2v) is 6.49. The predicted octanol–water partition coefficient (Wildman–Crippen LogP) is 3.11. The minimum Gasteiger partial charge on any atom is -0.497 e. The molecule has 1 unspecified atom stereocenters. The molecule has 7 nitrogen and oxygen atoms in total. The molecule has 0 bridgehead atoms. The van der Waals surface area contributed by atoms with Crippen molar-refractivity contribution in [2.75, 3.05) is 32.6 Å². The molecule has 26 heavy (non-hydrogen) atoms. The third-order valence-electron chi connectivity index (χ3n) is 4.50. The number of anilines is 2. The Hall–Kier alpha value is -2.83. The van der Waals surface area contributed by atoms with Crippen LogP contribution in [-0.4, -0.2) is 48.3 Å². The van der Waals surface area contributed by atoms with Crippen molar-refractivity contribution < 1.29 is 14.3 Å². The first-order chi connectivity index (χ1) is 12.6. The summed E-state index contributed by atoms with van der Waals surface area (Å²) in [7, 11) is 3.19. The summed E-state index contributed by atoms with van der Waals surface area (Å²) in [5, 5.41) is 11.4. The molecule has 1 aromatic carbocycles. The minimum absolute atomic E-state index is 0.0578. The first-order valence-electron chi connectivity index (χ1n) is 8.72. The molecule has 2 heterocycles. The lowest BCUT2D eigenvalue weighted by Gasteiger charge is -2.30.